The van der Waals surface area contributed by atoms with E-state index in [1.807, 2.05) is 30.3 Å². The quantitative estimate of drug-likeness (QED) is 0.565. The molecule has 0 spiro atoms. The maximum atomic E-state index is 12.5. The van der Waals surface area contributed by atoms with Crippen molar-refractivity contribution < 1.29 is 19.7 Å². The van der Waals surface area contributed by atoms with Crippen LogP contribution in [0, 0.1) is 5.92 Å². The lowest BCUT2D eigenvalue weighted by Gasteiger charge is -2.37. The van der Waals surface area contributed by atoms with E-state index in [0.717, 1.165) is 5.69 Å². The molecule has 25 heavy (non-hydrogen) atoms. The Morgan fingerprint density at radius 2 is 2.12 bits per heavy atom. The number of carbonyl (C=O) groups excluding carboxylic acids is 1. The summed E-state index contributed by atoms with van der Waals surface area (Å²) in [4.78, 5) is 17.0. The normalized spacial score (nSPS) is 31.2. The number of ether oxygens (including phenoxy) is 1. The third-order valence-electron chi connectivity index (χ3n) is 4.45. The highest BCUT2D eigenvalue weighted by atomic mass is 32.2. The number of nitrogens with one attached hydrogen (secondary N) is 2. The lowest BCUT2D eigenvalue weighted by Crippen LogP contribution is -2.54. The second-order valence-electron chi connectivity index (χ2n) is 6.18. The maximum absolute atomic E-state index is 12.5. The van der Waals surface area contributed by atoms with Crippen molar-refractivity contribution in [3.05, 3.63) is 30.3 Å². The minimum absolute atomic E-state index is 0.137. The van der Waals surface area contributed by atoms with E-state index < -0.39 is 24.2 Å². The van der Waals surface area contributed by atoms with Crippen molar-refractivity contribution in [3.8, 4) is 0 Å². The second-order valence-corrected chi connectivity index (χ2v) is 7.35. The number of anilines is 1. The summed E-state index contributed by atoms with van der Waals surface area (Å²) in [6.07, 6.45) is -1.70. The molecule has 0 aromatic heterocycles. The summed E-state index contributed by atoms with van der Waals surface area (Å²) in [6.45, 7) is 0.852. The number of thioether (sulfide) groups is 1. The number of aliphatic hydroxyl groups is 2. The number of nitrogens with zero attached hydrogens (tertiary/aromatic N) is 1. The van der Waals surface area contributed by atoms with Gasteiger partial charge >= 0.3 is 0 Å². The van der Waals surface area contributed by atoms with Gasteiger partial charge in [-0.25, -0.2) is 0 Å². The molecule has 1 aliphatic heterocycles. The Hall–Kier alpha value is -1.61. The summed E-state index contributed by atoms with van der Waals surface area (Å²) in [7, 11) is 1.57. The number of amides is 1. The zero-order valence-electron chi connectivity index (χ0n) is 14.0. The van der Waals surface area contributed by atoms with Crippen molar-refractivity contribution in [1.82, 2.24) is 5.32 Å². The number of hydrogen-bond donors (Lipinski definition) is 4. The van der Waals surface area contributed by atoms with Gasteiger partial charge in [0, 0.05) is 24.6 Å². The molecule has 7 nitrogen and oxygen atoms in total. The lowest BCUT2D eigenvalue weighted by molar-refractivity contribution is -0.129. The standard InChI is InChI=1S/C17H23N3O4S/c1-24-8-7-18-16(23)11-9-12(21)14(22)13-15(11)25-17(20-13)19-10-5-3-2-4-6-10/h2-6,11-15,21-22H,7-9H2,1H3,(H,18,23)(H,19,20)/t11-,12+,13-,14-,15+/m0/s1. The molecule has 2 aliphatic rings. The van der Waals surface area contributed by atoms with Gasteiger partial charge in [-0.15, -0.1) is 0 Å². The number of methoxy groups -OCH3 is 1. The summed E-state index contributed by atoms with van der Waals surface area (Å²) in [6, 6.07) is 9.10. The van der Waals surface area contributed by atoms with E-state index in [4.69, 9.17) is 4.74 Å². The lowest BCUT2D eigenvalue weighted by atomic mass is 9.81. The first-order chi connectivity index (χ1) is 12.1. The Balaban J connectivity index is 1.70. The Morgan fingerprint density at radius 3 is 2.84 bits per heavy atom. The second kappa shape index (κ2) is 8.18. The molecule has 1 aromatic rings. The number of benzene rings is 1. The molecule has 5 atom stereocenters. The third-order valence-corrected chi connectivity index (χ3v) is 5.76. The molecule has 1 amide bonds. The van der Waals surface area contributed by atoms with Crippen molar-refractivity contribution in [2.24, 2.45) is 10.9 Å². The molecule has 0 bridgehead atoms. The number of aliphatic imine (C=N–C) groups is 1. The largest absolute Gasteiger partial charge is 0.390 e. The average Bonchev–Trinajstić information content (AvgIpc) is 3.03. The van der Waals surface area contributed by atoms with Crippen LogP contribution in [0.25, 0.3) is 0 Å². The van der Waals surface area contributed by atoms with Crippen LogP contribution in [0.2, 0.25) is 0 Å². The molecule has 1 saturated carbocycles. The SMILES string of the molecule is COCCNC(=O)[C@H]1C[C@@H](O)[C@H](O)[C@@H]2N=C(Nc3ccccc3)S[C@@H]21. The first-order valence-electron chi connectivity index (χ1n) is 8.29. The van der Waals surface area contributed by atoms with Crippen molar-refractivity contribution in [1.29, 1.82) is 0 Å². The molecule has 8 heteroatoms. The van der Waals surface area contributed by atoms with Gasteiger partial charge in [0.05, 0.1) is 24.7 Å². The average molecular weight is 365 g/mol. The minimum atomic E-state index is -0.962. The highest BCUT2D eigenvalue weighted by Gasteiger charge is 2.50. The Bertz CT molecular complexity index is 628. The first kappa shape index (κ1) is 18.2. The van der Waals surface area contributed by atoms with Crippen LogP contribution in [0.3, 0.4) is 0 Å². The fraction of sp³-hybridized carbons (Fsp3) is 0.529. The molecule has 1 aromatic carbocycles. The highest BCUT2D eigenvalue weighted by Crippen LogP contribution is 2.41. The number of rotatable bonds is 5. The van der Waals surface area contributed by atoms with E-state index in [9.17, 15) is 15.0 Å². The number of fused-ring (bicyclic) bond motifs is 1. The van der Waals surface area contributed by atoms with Gasteiger partial charge in [0.25, 0.3) is 0 Å². The molecule has 4 N–H and O–H groups in total. The van der Waals surface area contributed by atoms with Crippen LogP contribution in [-0.2, 0) is 9.53 Å². The van der Waals surface area contributed by atoms with Crippen LogP contribution in [0.15, 0.2) is 35.3 Å². The summed E-state index contributed by atoms with van der Waals surface area (Å²) < 4.78 is 4.95. The van der Waals surface area contributed by atoms with E-state index in [1.54, 1.807) is 7.11 Å². The molecule has 3 rings (SSSR count). The van der Waals surface area contributed by atoms with Crippen LogP contribution < -0.4 is 10.6 Å². The number of aliphatic hydroxyl groups excluding tert-OH is 2. The van der Waals surface area contributed by atoms with Crippen LogP contribution in [-0.4, -0.2) is 65.0 Å². The predicted molar refractivity (Wildman–Crippen MR) is 97.7 cm³/mol. The van der Waals surface area contributed by atoms with Gasteiger partial charge < -0.3 is 25.6 Å². The van der Waals surface area contributed by atoms with Crippen LogP contribution >= 0.6 is 11.8 Å². The first-order valence-corrected chi connectivity index (χ1v) is 9.17. The van der Waals surface area contributed by atoms with E-state index in [-0.39, 0.29) is 17.6 Å². The van der Waals surface area contributed by atoms with Crippen LogP contribution in [0.4, 0.5) is 5.69 Å². The zero-order chi connectivity index (χ0) is 17.8. The number of amidine groups is 1. The van der Waals surface area contributed by atoms with Crippen molar-refractivity contribution >= 4 is 28.5 Å². The summed E-state index contributed by atoms with van der Waals surface area (Å²) in [5.41, 5.74) is 0.892. The molecule has 1 aliphatic carbocycles. The fourth-order valence-corrected chi connectivity index (χ4v) is 4.54. The maximum Gasteiger partial charge on any atom is 0.224 e. The van der Waals surface area contributed by atoms with E-state index in [1.165, 1.54) is 11.8 Å². The summed E-state index contributed by atoms with van der Waals surface area (Å²) in [5, 5.41) is 26.9. The van der Waals surface area contributed by atoms with Crippen LogP contribution in [0.1, 0.15) is 6.42 Å². The Kier molecular flexibility index (Phi) is 5.95. The van der Waals surface area contributed by atoms with E-state index in [0.29, 0.717) is 18.3 Å². The molecule has 0 saturated heterocycles. The molecule has 1 heterocycles. The Labute approximate surface area is 150 Å². The summed E-state index contributed by atoms with van der Waals surface area (Å²) in [5.74, 6) is -0.550. The third kappa shape index (κ3) is 4.14. The van der Waals surface area contributed by atoms with Gasteiger partial charge in [-0.3, -0.25) is 9.79 Å². The van der Waals surface area contributed by atoms with Gasteiger partial charge in [-0.2, -0.15) is 0 Å². The number of hydrogen-bond acceptors (Lipinski definition) is 7. The topological polar surface area (TPSA) is 103 Å². The monoisotopic (exact) mass is 365 g/mol. The molecular weight excluding hydrogens is 342 g/mol. The number of carbonyl (C=O) groups is 1. The minimum Gasteiger partial charge on any atom is -0.390 e. The van der Waals surface area contributed by atoms with Crippen molar-refractivity contribution in [2.75, 3.05) is 25.6 Å². The smallest absolute Gasteiger partial charge is 0.224 e. The van der Waals surface area contributed by atoms with Crippen molar-refractivity contribution in [3.63, 3.8) is 0 Å². The van der Waals surface area contributed by atoms with Gasteiger partial charge in [0.2, 0.25) is 5.91 Å². The number of para-hydroxylation sites is 1. The molecule has 136 valence electrons. The van der Waals surface area contributed by atoms with E-state index in [2.05, 4.69) is 15.6 Å². The fourth-order valence-electron chi connectivity index (χ4n) is 3.16. The molecular formula is C17H23N3O4S. The van der Waals surface area contributed by atoms with Crippen molar-refractivity contribution in [2.45, 2.75) is 29.9 Å². The van der Waals surface area contributed by atoms with Gasteiger partial charge in [0.15, 0.2) is 5.17 Å². The summed E-state index contributed by atoms with van der Waals surface area (Å²) >= 11 is 1.45. The van der Waals surface area contributed by atoms with Gasteiger partial charge in [-0.1, -0.05) is 30.0 Å². The Morgan fingerprint density at radius 1 is 1.36 bits per heavy atom. The molecule has 1 fully saturated rings. The molecule has 0 radical (unpaired) electrons. The van der Waals surface area contributed by atoms with Gasteiger partial charge in [-0.05, 0) is 18.6 Å². The van der Waals surface area contributed by atoms with Gasteiger partial charge in [0.1, 0.15) is 6.10 Å². The predicted octanol–water partition coefficient (Wildman–Crippen LogP) is 0.443. The van der Waals surface area contributed by atoms with Crippen LogP contribution in [0.5, 0.6) is 0 Å². The highest BCUT2D eigenvalue weighted by molar-refractivity contribution is 8.15. The zero-order valence-corrected chi connectivity index (χ0v) is 14.8. The molecule has 0 unspecified atom stereocenters. The van der Waals surface area contributed by atoms with E-state index >= 15 is 0 Å².